The first-order valence-electron chi connectivity index (χ1n) is 8.76. The molecule has 1 unspecified atom stereocenters. The number of carbonyl (C=O) groups is 2. The summed E-state index contributed by atoms with van der Waals surface area (Å²) in [5.74, 6) is 0.944. The molecule has 3 rings (SSSR count). The average Bonchev–Trinajstić information content (AvgIpc) is 2.62. The van der Waals surface area contributed by atoms with E-state index in [9.17, 15) is 9.59 Å². The third-order valence-electron chi connectivity index (χ3n) is 4.02. The second-order valence-electron chi connectivity index (χ2n) is 6.51. The van der Waals surface area contributed by atoms with Crippen LogP contribution >= 0.6 is 0 Å². The van der Waals surface area contributed by atoms with Crippen molar-refractivity contribution in [2.45, 2.75) is 32.9 Å². The summed E-state index contributed by atoms with van der Waals surface area (Å²) < 4.78 is 11.1. The van der Waals surface area contributed by atoms with Gasteiger partial charge in [0.05, 0.1) is 17.7 Å². The standard InChI is InChI=1S/C21H22N2O4/c1-13(2)26-20(24)18-14(3)22-21(25)23-19(18)15-9-11-17(12-10-15)27-16-7-5-4-6-8-16/h4-13,19H,1-3H3,(H2,22,23,25). The molecule has 140 valence electrons. The summed E-state index contributed by atoms with van der Waals surface area (Å²) in [7, 11) is 0. The van der Waals surface area contributed by atoms with Gasteiger partial charge < -0.3 is 20.1 Å². The molecule has 0 saturated heterocycles. The van der Waals surface area contributed by atoms with Crippen LogP contribution in [-0.2, 0) is 9.53 Å². The van der Waals surface area contributed by atoms with Gasteiger partial charge in [-0.05, 0) is 50.6 Å². The van der Waals surface area contributed by atoms with Crippen LogP contribution in [0.25, 0.3) is 0 Å². The van der Waals surface area contributed by atoms with E-state index in [1.165, 1.54) is 0 Å². The van der Waals surface area contributed by atoms with E-state index in [1.54, 1.807) is 32.9 Å². The maximum Gasteiger partial charge on any atom is 0.338 e. The number of carbonyl (C=O) groups excluding carboxylic acids is 2. The molecule has 2 amide bonds. The van der Waals surface area contributed by atoms with Crippen LogP contribution in [0, 0.1) is 0 Å². The van der Waals surface area contributed by atoms with Gasteiger partial charge in [0.1, 0.15) is 11.5 Å². The highest BCUT2D eigenvalue weighted by Crippen LogP contribution is 2.30. The molecule has 2 aromatic carbocycles. The summed E-state index contributed by atoms with van der Waals surface area (Å²) >= 11 is 0. The topological polar surface area (TPSA) is 76.7 Å². The zero-order valence-corrected chi connectivity index (χ0v) is 15.5. The van der Waals surface area contributed by atoms with Gasteiger partial charge in [0.15, 0.2) is 0 Å². The lowest BCUT2D eigenvalue weighted by Gasteiger charge is -2.28. The number of ether oxygens (including phenoxy) is 2. The number of allylic oxidation sites excluding steroid dienone is 1. The lowest BCUT2D eigenvalue weighted by Crippen LogP contribution is -2.45. The van der Waals surface area contributed by atoms with Crippen LogP contribution in [0.2, 0.25) is 0 Å². The molecule has 1 aliphatic heterocycles. The number of urea groups is 1. The van der Waals surface area contributed by atoms with E-state index in [0.29, 0.717) is 17.0 Å². The van der Waals surface area contributed by atoms with Crippen LogP contribution < -0.4 is 15.4 Å². The van der Waals surface area contributed by atoms with E-state index >= 15 is 0 Å². The van der Waals surface area contributed by atoms with Crippen molar-refractivity contribution < 1.29 is 19.1 Å². The van der Waals surface area contributed by atoms with Gasteiger partial charge in [0.25, 0.3) is 0 Å². The molecule has 1 aliphatic rings. The predicted molar refractivity (Wildman–Crippen MR) is 101 cm³/mol. The van der Waals surface area contributed by atoms with Gasteiger partial charge in [-0.3, -0.25) is 0 Å². The Labute approximate surface area is 158 Å². The molecule has 2 N–H and O–H groups in total. The van der Waals surface area contributed by atoms with Crippen molar-refractivity contribution in [3.8, 4) is 11.5 Å². The Morgan fingerprint density at radius 1 is 1.00 bits per heavy atom. The molecule has 0 bridgehead atoms. The molecule has 0 radical (unpaired) electrons. The van der Waals surface area contributed by atoms with Gasteiger partial charge in [-0.15, -0.1) is 0 Å². The first kappa shape index (κ1) is 18.5. The summed E-state index contributed by atoms with van der Waals surface area (Å²) in [5.41, 5.74) is 1.64. The first-order chi connectivity index (χ1) is 12.9. The summed E-state index contributed by atoms with van der Waals surface area (Å²) in [6.07, 6.45) is -0.252. The Kier molecular flexibility index (Phi) is 5.45. The van der Waals surface area contributed by atoms with E-state index in [0.717, 1.165) is 11.3 Å². The van der Waals surface area contributed by atoms with Crippen LogP contribution in [0.3, 0.4) is 0 Å². The Morgan fingerprint density at radius 2 is 1.63 bits per heavy atom. The van der Waals surface area contributed by atoms with Crippen molar-refractivity contribution in [1.82, 2.24) is 10.6 Å². The highest BCUT2D eigenvalue weighted by atomic mass is 16.5. The minimum Gasteiger partial charge on any atom is -0.459 e. The Balaban J connectivity index is 1.85. The fourth-order valence-electron chi connectivity index (χ4n) is 2.84. The number of esters is 1. The number of amides is 2. The SMILES string of the molecule is CC1=C(C(=O)OC(C)C)C(c2ccc(Oc3ccccc3)cc2)NC(=O)N1. The molecule has 27 heavy (non-hydrogen) atoms. The molecule has 0 spiro atoms. The van der Waals surface area contributed by atoms with Crippen molar-refractivity contribution in [2.75, 3.05) is 0 Å². The first-order valence-corrected chi connectivity index (χ1v) is 8.76. The van der Waals surface area contributed by atoms with E-state index in [2.05, 4.69) is 10.6 Å². The summed E-state index contributed by atoms with van der Waals surface area (Å²) in [5, 5.41) is 5.42. The van der Waals surface area contributed by atoms with E-state index in [4.69, 9.17) is 9.47 Å². The van der Waals surface area contributed by atoms with E-state index < -0.39 is 12.0 Å². The normalized spacial score (nSPS) is 16.6. The molecule has 2 aromatic rings. The third kappa shape index (κ3) is 4.47. The molecule has 1 heterocycles. The molecular weight excluding hydrogens is 344 g/mol. The molecule has 0 aliphatic carbocycles. The van der Waals surface area contributed by atoms with Crippen molar-refractivity contribution in [2.24, 2.45) is 0 Å². The maximum absolute atomic E-state index is 12.5. The van der Waals surface area contributed by atoms with Gasteiger partial charge in [0, 0.05) is 5.70 Å². The highest BCUT2D eigenvalue weighted by Gasteiger charge is 2.32. The van der Waals surface area contributed by atoms with Gasteiger partial charge in [-0.1, -0.05) is 30.3 Å². The number of rotatable bonds is 5. The van der Waals surface area contributed by atoms with Crippen LogP contribution in [0.1, 0.15) is 32.4 Å². The smallest absolute Gasteiger partial charge is 0.338 e. The minimum atomic E-state index is -0.587. The zero-order valence-electron chi connectivity index (χ0n) is 15.5. The largest absolute Gasteiger partial charge is 0.459 e. The average molecular weight is 366 g/mol. The van der Waals surface area contributed by atoms with Gasteiger partial charge >= 0.3 is 12.0 Å². The summed E-state index contributed by atoms with van der Waals surface area (Å²) in [6.45, 7) is 5.26. The van der Waals surface area contributed by atoms with E-state index in [1.807, 2.05) is 42.5 Å². The van der Waals surface area contributed by atoms with Crippen molar-refractivity contribution in [1.29, 1.82) is 0 Å². The van der Waals surface area contributed by atoms with Crippen LogP contribution in [0.15, 0.2) is 65.9 Å². The number of hydrogen-bond acceptors (Lipinski definition) is 4. The monoisotopic (exact) mass is 366 g/mol. The molecule has 6 heteroatoms. The highest BCUT2D eigenvalue weighted by molar-refractivity contribution is 5.95. The Hall–Kier alpha value is -3.28. The Bertz CT molecular complexity index is 858. The molecule has 0 saturated carbocycles. The van der Waals surface area contributed by atoms with Gasteiger partial charge in [-0.2, -0.15) is 0 Å². The summed E-state index contributed by atoms with van der Waals surface area (Å²) in [4.78, 5) is 24.4. The maximum atomic E-state index is 12.5. The van der Waals surface area contributed by atoms with Gasteiger partial charge in [0.2, 0.25) is 0 Å². The fraction of sp³-hybridized carbons (Fsp3) is 0.238. The quantitative estimate of drug-likeness (QED) is 0.783. The molecule has 6 nitrogen and oxygen atoms in total. The molecular formula is C21H22N2O4. The fourth-order valence-corrected chi connectivity index (χ4v) is 2.84. The second kappa shape index (κ2) is 7.95. The van der Waals surface area contributed by atoms with Crippen LogP contribution in [0.5, 0.6) is 11.5 Å². The van der Waals surface area contributed by atoms with Crippen LogP contribution in [0.4, 0.5) is 4.79 Å². The minimum absolute atomic E-state index is 0.252. The lowest BCUT2D eigenvalue weighted by atomic mass is 9.95. The number of benzene rings is 2. The third-order valence-corrected chi connectivity index (χ3v) is 4.02. The number of para-hydroxylation sites is 1. The van der Waals surface area contributed by atoms with E-state index in [-0.39, 0.29) is 12.1 Å². The molecule has 0 aromatic heterocycles. The van der Waals surface area contributed by atoms with Crippen molar-refractivity contribution >= 4 is 12.0 Å². The molecule has 1 atom stereocenters. The number of hydrogen-bond donors (Lipinski definition) is 2. The van der Waals surface area contributed by atoms with Crippen molar-refractivity contribution in [3.63, 3.8) is 0 Å². The summed E-state index contributed by atoms with van der Waals surface area (Å²) in [6, 6.07) is 15.8. The number of nitrogens with one attached hydrogen (secondary N) is 2. The van der Waals surface area contributed by atoms with Gasteiger partial charge in [-0.25, -0.2) is 9.59 Å². The zero-order chi connectivity index (χ0) is 19.4. The van der Waals surface area contributed by atoms with Crippen molar-refractivity contribution in [3.05, 3.63) is 71.4 Å². The Morgan fingerprint density at radius 3 is 2.26 bits per heavy atom. The predicted octanol–water partition coefficient (Wildman–Crippen LogP) is 4.06. The second-order valence-corrected chi connectivity index (χ2v) is 6.51. The lowest BCUT2D eigenvalue weighted by molar-refractivity contribution is -0.143. The van der Waals surface area contributed by atoms with Crippen LogP contribution in [-0.4, -0.2) is 18.1 Å². The molecule has 0 fully saturated rings.